The van der Waals surface area contributed by atoms with Gasteiger partial charge in [0.1, 0.15) is 5.75 Å². The number of methoxy groups -OCH3 is 1. The summed E-state index contributed by atoms with van der Waals surface area (Å²) in [4.78, 5) is 12.2. The van der Waals surface area contributed by atoms with Crippen molar-refractivity contribution in [2.45, 2.75) is 6.42 Å². The fourth-order valence-electron chi connectivity index (χ4n) is 1.93. The lowest BCUT2D eigenvalue weighted by Crippen LogP contribution is -2.16. The Morgan fingerprint density at radius 3 is 2.67 bits per heavy atom. The number of benzene rings is 2. The summed E-state index contributed by atoms with van der Waals surface area (Å²) in [6, 6.07) is 11.0. The molecule has 0 aromatic heterocycles. The van der Waals surface area contributed by atoms with Crippen LogP contribution in [0.25, 0.3) is 0 Å². The standard InChI is InChI=1S/C15H14Br2N2O2/c1-21-13-5-3-2-4-9(13)6-14(20)19-15-11(17)7-10(16)8-12(15)18/h2-5,7-8H,6,18H2,1H3,(H,19,20). The van der Waals surface area contributed by atoms with Crippen LogP contribution in [0.2, 0.25) is 0 Å². The van der Waals surface area contributed by atoms with Crippen molar-refractivity contribution < 1.29 is 9.53 Å². The predicted molar refractivity (Wildman–Crippen MR) is 91.6 cm³/mol. The quantitative estimate of drug-likeness (QED) is 0.745. The average molecular weight is 414 g/mol. The van der Waals surface area contributed by atoms with E-state index in [1.54, 1.807) is 13.2 Å². The normalized spacial score (nSPS) is 10.2. The van der Waals surface area contributed by atoms with Crippen molar-refractivity contribution in [2.24, 2.45) is 0 Å². The first kappa shape index (κ1) is 15.9. The van der Waals surface area contributed by atoms with Crippen LogP contribution in [0, 0.1) is 0 Å². The molecule has 0 aliphatic rings. The van der Waals surface area contributed by atoms with E-state index in [1.807, 2.05) is 30.3 Å². The van der Waals surface area contributed by atoms with Gasteiger partial charge >= 0.3 is 0 Å². The molecule has 1 amide bonds. The maximum absolute atomic E-state index is 12.2. The number of carbonyl (C=O) groups excluding carboxylic acids is 1. The number of rotatable bonds is 4. The molecule has 110 valence electrons. The summed E-state index contributed by atoms with van der Waals surface area (Å²) in [5, 5.41) is 2.82. The molecule has 2 rings (SSSR count). The summed E-state index contributed by atoms with van der Waals surface area (Å²) in [5.74, 6) is 0.532. The Morgan fingerprint density at radius 1 is 1.29 bits per heavy atom. The first-order valence-corrected chi connectivity index (χ1v) is 7.76. The van der Waals surface area contributed by atoms with Gasteiger partial charge in [-0.3, -0.25) is 4.79 Å². The van der Waals surface area contributed by atoms with Crippen molar-refractivity contribution in [3.05, 3.63) is 50.9 Å². The number of para-hydroxylation sites is 1. The van der Waals surface area contributed by atoms with E-state index < -0.39 is 0 Å². The lowest BCUT2D eigenvalue weighted by Gasteiger charge is -2.12. The van der Waals surface area contributed by atoms with Crippen molar-refractivity contribution in [3.8, 4) is 5.75 Å². The number of amides is 1. The molecule has 0 radical (unpaired) electrons. The molecule has 0 saturated heterocycles. The lowest BCUT2D eigenvalue weighted by atomic mass is 10.1. The fraction of sp³-hybridized carbons (Fsp3) is 0.133. The van der Waals surface area contributed by atoms with Gasteiger partial charge in [0.15, 0.2) is 0 Å². The molecule has 0 saturated carbocycles. The Labute approximate surface area is 139 Å². The molecular weight excluding hydrogens is 400 g/mol. The Balaban J connectivity index is 2.16. The van der Waals surface area contributed by atoms with Crippen LogP contribution >= 0.6 is 31.9 Å². The van der Waals surface area contributed by atoms with Gasteiger partial charge in [-0.15, -0.1) is 0 Å². The maximum Gasteiger partial charge on any atom is 0.229 e. The molecule has 21 heavy (non-hydrogen) atoms. The van der Waals surface area contributed by atoms with Gasteiger partial charge in [-0.2, -0.15) is 0 Å². The molecule has 0 aliphatic heterocycles. The van der Waals surface area contributed by atoms with E-state index in [0.29, 0.717) is 17.1 Å². The molecule has 0 heterocycles. The van der Waals surface area contributed by atoms with Crippen LogP contribution < -0.4 is 15.8 Å². The van der Waals surface area contributed by atoms with Crippen LogP contribution in [0.15, 0.2) is 45.3 Å². The van der Waals surface area contributed by atoms with Crippen LogP contribution in [-0.2, 0) is 11.2 Å². The Hall–Kier alpha value is -1.53. The zero-order valence-electron chi connectivity index (χ0n) is 11.3. The maximum atomic E-state index is 12.2. The van der Waals surface area contributed by atoms with E-state index in [1.165, 1.54) is 0 Å². The monoisotopic (exact) mass is 412 g/mol. The van der Waals surface area contributed by atoms with Gasteiger partial charge < -0.3 is 15.8 Å². The van der Waals surface area contributed by atoms with Crippen molar-refractivity contribution in [2.75, 3.05) is 18.2 Å². The van der Waals surface area contributed by atoms with Crippen LogP contribution in [0.1, 0.15) is 5.56 Å². The third kappa shape index (κ3) is 3.98. The second-order valence-corrected chi connectivity index (χ2v) is 6.16. The Kier molecular flexibility index (Phi) is 5.25. The highest BCUT2D eigenvalue weighted by Gasteiger charge is 2.12. The molecule has 0 spiro atoms. The van der Waals surface area contributed by atoms with Crippen LogP contribution in [-0.4, -0.2) is 13.0 Å². The first-order chi connectivity index (χ1) is 10.0. The van der Waals surface area contributed by atoms with E-state index in [9.17, 15) is 4.79 Å². The molecule has 3 N–H and O–H groups in total. The summed E-state index contributed by atoms with van der Waals surface area (Å²) < 4.78 is 6.81. The molecule has 6 heteroatoms. The molecule has 2 aromatic carbocycles. The smallest absolute Gasteiger partial charge is 0.229 e. The van der Waals surface area contributed by atoms with Gasteiger partial charge in [0.05, 0.1) is 24.9 Å². The zero-order chi connectivity index (χ0) is 15.4. The first-order valence-electron chi connectivity index (χ1n) is 6.17. The molecule has 2 aromatic rings. The molecule has 0 unspecified atom stereocenters. The number of carbonyl (C=O) groups is 1. The summed E-state index contributed by atoms with van der Waals surface area (Å²) in [6.45, 7) is 0. The Bertz CT molecular complexity index is 651. The zero-order valence-corrected chi connectivity index (χ0v) is 14.5. The number of nitrogen functional groups attached to an aromatic ring is 1. The third-order valence-electron chi connectivity index (χ3n) is 2.89. The molecule has 0 atom stereocenters. The lowest BCUT2D eigenvalue weighted by molar-refractivity contribution is -0.115. The van der Waals surface area contributed by atoms with E-state index in [4.69, 9.17) is 10.5 Å². The largest absolute Gasteiger partial charge is 0.496 e. The number of halogens is 2. The van der Waals surface area contributed by atoms with Gasteiger partial charge in [-0.05, 0) is 34.1 Å². The second kappa shape index (κ2) is 6.95. The molecular formula is C15H14Br2N2O2. The minimum atomic E-state index is -0.158. The van der Waals surface area contributed by atoms with Gasteiger partial charge in [-0.1, -0.05) is 34.1 Å². The molecule has 0 bridgehead atoms. The van der Waals surface area contributed by atoms with Gasteiger partial charge in [0, 0.05) is 14.5 Å². The summed E-state index contributed by atoms with van der Waals surface area (Å²) >= 11 is 6.74. The van der Waals surface area contributed by atoms with Gasteiger partial charge in [0.2, 0.25) is 5.91 Å². The van der Waals surface area contributed by atoms with E-state index in [0.717, 1.165) is 14.5 Å². The fourth-order valence-corrected chi connectivity index (χ4v) is 3.29. The SMILES string of the molecule is COc1ccccc1CC(=O)Nc1c(N)cc(Br)cc1Br. The Morgan fingerprint density at radius 2 is 2.00 bits per heavy atom. The topological polar surface area (TPSA) is 64.3 Å². The summed E-state index contributed by atoms with van der Waals surface area (Å²) in [6.07, 6.45) is 0.214. The number of anilines is 2. The highest BCUT2D eigenvalue weighted by atomic mass is 79.9. The molecule has 4 nitrogen and oxygen atoms in total. The predicted octanol–water partition coefficient (Wildman–Crippen LogP) is 3.98. The van der Waals surface area contributed by atoms with Gasteiger partial charge in [0.25, 0.3) is 0 Å². The minimum Gasteiger partial charge on any atom is -0.496 e. The highest BCUT2D eigenvalue weighted by Crippen LogP contribution is 2.32. The molecule has 0 fully saturated rings. The number of ether oxygens (including phenoxy) is 1. The average Bonchev–Trinajstić information content (AvgIpc) is 2.43. The molecule has 0 aliphatic carbocycles. The number of hydrogen-bond donors (Lipinski definition) is 2. The van der Waals surface area contributed by atoms with Gasteiger partial charge in [-0.25, -0.2) is 0 Å². The van der Waals surface area contributed by atoms with Crippen molar-refractivity contribution in [3.63, 3.8) is 0 Å². The second-order valence-electron chi connectivity index (χ2n) is 4.39. The van der Waals surface area contributed by atoms with Crippen molar-refractivity contribution >= 4 is 49.1 Å². The number of hydrogen-bond acceptors (Lipinski definition) is 3. The third-order valence-corrected chi connectivity index (χ3v) is 3.98. The van der Waals surface area contributed by atoms with Crippen LogP contribution in [0.5, 0.6) is 5.75 Å². The summed E-state index contributed by atoms with van der Waals surface area (Å²) in [5.41, 5.74) is 7.80. The van der Waals surface area contributed by atoms with E-state index in [-0.39, 0.29) is 12.3 Å². The van der Waals surface area contributed by atoms with Crippen molar-refractivity contribution in [1.82, 2.24) is 0 Å². The van der Waals surface area contributed by atoms with E-state index in [2.05, 4.69) is 37.2 Å². The minimum absolute atomic E-state index is 0.158. The highest BCUT2D eigenvalue weighted by molar-refractivity contribution is 9.11. The van der Waals surface area contributed by atoms with Crippen LogP contribution in [0.3, 0.4) is 0 Å². The van der Waals surface area contributed by atoms with Crippen molar-refractivity contribution in [1.29, 1.82) is 0 Å². The number of nitrogens with two attached hydrogens (primary N) is 1. The number of nitrogens with one attached hydrogen (secondary N) is 1. The van der Waals surface area contributed by atoms with E-state index >= 15 is 0 Å². The van der Waals surface area contributed by atoms with Crippen LogP contribution in [0.4, 0.5) is 11.4 Å². The summed E-state index contributed by atoms with van der Waals surface area (Å²) in [7, 11) is 1.58.